The zero-order chi connectivity index (χ0) is 22.2. The second-order valence-corrected chi connectivity index (χ2v) is 8.48. The summed E-state index contributed by atoms with van der Waals surface area (Å²) in [5.41, 5.74) is 3.14. The normalized spacial score (nSPS) is 14.8. The summed E-state index contributed by atoms with van der Waals surface area (Å²) in [6.45, 7) is 6.24. The van der Waals surface area contributed by atoms with Gasteiger partial charge in [0.15, 0.2) is 6.61 Å². The van der Waals surface area contributed by atoms with E-state index in [1.165, 1.54) is 0 Å². The van der Waals surface area contributed by atoms with Crippen LogP contribution in [0, 0.1) is 13.8 Å². The summed E-state index contributed by atoms with van der Waals surface area (Å²) in [5, 5.41) is 3.17. The lowest BCUT2D eigenvalue weighted by atomic mass is 10.1. The third-order valence-corrected chi connectivity index (χ3v) is 5.96. The molecule has 2 aromatic carbocycles. The van der Waals surface area contributed by atoms with E-state index in [-0.39, 0.29) is 24.5 Å². The topological polar surface area (TPSA) is 58.6 Å². The van der Waals surface area contributed by atoms with Crippen molar-refractivity contribution in [2.24, 2.45) is 0 Å². The fraction of sp³-hybridized carbons (Fsp3) is 0.462. The molecule has 0 radical (unpaired) electrons. The minimum Gasteiger partial charge on any atom is -0.483 e. The Morgan fingerprint density at radius 1 is 1.10 bits per heavy atom. The summed E-state index contributed by atoms with van der Waals surface area (Å²) >= 11 is 0. The Morgan fingerprint density at radius 3 is 2.45 bits per heavy atom. The van der Waals surface area contributed by atoms with Gasteiger partial charge in [0.25, 0.3) is 5.91 Å². The smallest absolute Gasteiger partial charge is 0.261 e. The fourth-order valence-electron chi connectivity index (χ4n) is 4.25. The summed E-state index contributed by atoms with van der Waals surface area (Å²) in [7, 11) is 0. The van der Waals surface area contributed by atoms with Crippen LogP contribution < -0.4 is 10.1 Å². The predicted octanol–water partition coefficient (Wildman–Crippen LogP) is 4.55. The van der Waals surface area contributed by atoms with Crippen molar-refractivity contribution in [2.75, 3.05) is 6.61 Å². The second kappa shape index (κ2) is 11.0. The Hall–Kier alpha value is -2.82. The van der Waals surface area contributed by atoms with Gasteiger partial charge in [-0.2, -0.15) is 0 Å². The van der Waals surface area contributed by atoms with Gasteiger partial charge in [-0.25, -0.2) is 0 Å². The van der Waals surface area contributed by atoms with Gasteiger partial charge in [0, 0.05) is 12.6 Å². The van der Waals surface area contributed by atoms with Gasteiger partial charge in [0.1, 0.15) is 11.8 Å². The number of hydrogen-bond donors (Lipinski definition) is 1. The molecule has 0 saturated heterocycles. The first-order valence-corrected chi connectivity index (χ1v) is 11.3. The Kier molecular flexibility index (Phi) is 8.10. The van der Waals surface area contributed by atoms with Gasteiger partial charge in [-0.1, -0.05) is 67.8 Å². The highest BCUT2D eigenvalue weighted by Crippen LogP contribution is 2.21. The molecule has 2 amide bonds. The lowest BCUT2D eigenvalue weighted by Crippen LogP contribution is -2.52. The molecule has 1 saturated carbocycles. The van der Waals surface area contributed by atoms with Crippen molar-refractivity contribution < 1.29 is 14.3 Å². The quantitative estimate of drug-likeness (QED) is 0.645. The molecular weight excluding hydrogens is 388 g/mol. The maximum atomic E-state index is 13.3. The average molecular weight is 423 g/mol. The number of carbonyl (C=O) groups excluding carboxylic acids is 2. The van der Waals surface area contributed by atoms with Crippen molar-refractivity contribution in [3.05, 3.63) is 65.2 Å². The van der Waals surface area contributed by atoms with Crippen molar-refractivity contribution in [1.29, 1.82) is 0 Å². The van der Waals surface area contributed by atoms with Gasteiger partial charge in [0.2, 0.25) is 5.91 Å². The van der Waals surface area contributed by atoms with Crippen LogP contribution in [0.15, 0.2) is 48.5 Å². The van der Waals surface area contributed by atoms with E-state index in [9.17, 15) is 9.59 Å². The second-order valence-electron chi connectivity index (χ2n) is 8.48. The molecule has 0 aromatic heterocycles. The van der Waals surface area contributed by atoms with Crippen LogP contribution in [-0.2, 0) is 16.1 Å². The van der Waals surface area contributed by atoms with Crippen molar-refractivity contribution in [3.8, 4) is 5.75 Å². The number of hydrogen-bond acceptors (Lipinski definition) is 3. The summed E-state index contributed by atoms with van der Waals surface area (Å²) in [6, 6.07) is 15.4. The first-order valence-electron chi connectivity index (χ1n) is 11.3. The molecule has 1 aliphatic carbocycles. The third-order valence-electron chi connectivity index (χ3n) is 5.96. The van der Waals surface area contributed by atoms with Gasteiger partial charge in [-0.3, -0.25) is 9.59 Å². The van der Waals surface area contributed by atoms with Crippen LogP contribution in [0.3, 0.4) is 0 Å². The van der Waals surface area contributed by atoms with Crippen LogP contribution in [0.1, 0.15) is 55.7 Å². The van der Waals surface area contributed by atoms with Crippen molar-refractivity contribution in [1.82, 2.24) is 10.2 Å². The van der Waals surface area contributed by atoms with E-state index < -0.39 is 6.04 Å². The SMILES string of the molecule is CC[C@@H](C(=O)NC1CCCC1)N(Cc1ccccc1)C(=O)COc1ccc(C)cc1C. The summed E-state index contributed by atoms with van der Waals surface area (Å²) in [4.78, 5) is 28.0. The lowest BCUT2D eigenvalue weighted by molar-refractivity contribution is -0.143. The summed E-state index contributed by atoms with van der Waals surface area (Å²) in [6.07, 6.45) is 4.90. The Bertz CT molecular complexity index is 875. The first-order chi connectivity index (χ1) is 15.0. The molecule has 0 heterocycles. The number of benzene rings is 2. The molecule has 166 valence electrons. The molecule has 0 aliphatic heterocycles. The van der Waals surface area contributed by atoms with Gasteiger partial charge in [-0.15, -0.1) is 0 Å². The molecule has 5 heteroatoms. The van der Waals surface area contributed by atoms with Gasteiger partial charge in [0.05, 0.1) is 0 Å². The Balaban J connectivity index is 1.74. The molecule has 1 N–H and O–H groups in total. The van der Waals surface area contributed by atoms with E-state index in [1.54, 1.807) is 4.90 Å². The number of rotatable bonds is 9. The highest BCUT2D eigenvalue weighted by Gasteiger charge is 2.30. The Labute approximate surface area is 185 Å². The number of nitrogens with zero attached hydrogens (tertiary/aromatic N) is 1. The van der Waals surface area contributed by atoms with Gasteiger partial charge >= 0.3 is 0 Å². The molecular formula is C26H34N2O3. The number of carbonyl (C=O) groups is 2. The largest absolute Gasteiger partial charge is 0.483 e. The van der Waals surface area contributed by atoms with Crippen LogP contribution >= 0.6 is 0 Å². The molecule has 5 nitrogen and oxygen atoms in total. The van der Waals surface area contributed by atoms with E-state index in [1.807, 2.05) is 69.3 Å². The van der Waals surface area contributed by atoms with Crippen LogP contribution in [0.5, 0.6) is 5.75 Å². The Morgan fingerprint density at radius 2 is 1.81 bits per heavy atom. The number of ether oxygens (including phenoxy) is 1. The minimum absolute atomic E-state index is 0.0646. The van der Waals surface area contributed by atoms with E-state index in [2.05, 4.69) is 5.32 Å². The van der Waals surface area contributed by atoms with Crippen molar-refractivity contribution in [3.63, 3.8) is 0 Å². The molecule has 0 unspecified atom stereocenters. The zero-order valence-corrected chi connectivity index (χ0v) is 18.9. The van der Waals surface area contributed by atoms with Gasteiger partial charge in [-0.05, 0) is 50.3 Å². The molecule has 2 aromatic rings. The van der Waals surface area contributed by atoms with Crippen molar-refractivity contribution in [2.45, 2.75) is 71.5 Å². The van der Waals surface area contributed by atoms with Crippen LogP contribution in [-0.4, -0.2) is 35.4 Å². The van der Waals surface area contributed by atoms with E-state index >= 15 is 0 Å². The summed E-state index contributed by atoms with van der Waals surface area (Å²) in [5.74, 6) is 0.449. The van der Waals surface area contributed by atoms with Crippen LogP contribution in [0.25, 0.3) is 0 Å². The zero-order valence-electron chi connectivity index (χ0n) is 18.9. The van der Waals surface area contributed by atoms with Gasteiger partial charge < -0.3 is 15.0 Å². The molecule has 3 rings (SSSR count). The van der Waals surface area contributed by atoms with E-state index in [0.29, 0.717) is 18.7 Å². The maximum absolute atomic E-state index is 13.3. The molecule has 1 atom stereocenters. The van der Waals surface area contributed by atoms with E-state index in [0.717, 1.165) is 42.4 Å². The predicted molar refractivity (Wildman–Crippen MR) is 123 cm³/mol. The first kappa shape index (κ1) is 22.9. The highest BCUT2D eigenvalue weighted by atomic mass is 16.5. The molecule has 1 aliphatic rings. The van der Waals surface area contributed by atoms with Crippen molar-refractivity contribution >= 4 is 11.8 Å². The maximum Gasteiger partial charge on any atom is 0.261 e. The number of nitrogens with one attached hydrogen (secondary N) is 1. The standard InChI is InChI=1S/C26H34N2O3/c1-4-23(26(30)27-22-12-8-9-13-22)28(17-21-10-6-5-7-11-21)25(29)18-31-24-15-14-19(2)16-20(24)3/h5-7,10-11,14-16,22-23H,4,8-9,12-13,17-18H2,1-3H3,(H,27,30)/t23-/m0/s1. The fourth-order valence-corrected chi connectivity index (χ4v) is 4.25. The van der Waals surface area contributed by atoms with Crippen LogP contribution in [0.4, 0.5) is 0 Å². The molecule has 0 spiro atoms. The minimum atomic E-state index is -0.518. The average Bonchev–Trinajstić information content (AvgIpc) is 3.26. The molecule has 1 fully saturated rings. The lowest BCUT2D eigenvalue weighted by Gasteiger charge is -2.31. The number of amides is 2. The molecule has 31 heavy (non-hydrogen) atoms. The highest BCUT2D eigenvalue weighted by molar-refractivity contribution is 5.88. The summed E-state index contributed by atoms with van der Waals surface area (Å²) < 4.78 is 5.86. The monoisotopic (exact) mass is 422 g/mol. The van der Waals surface area contributed by atoms with E-state index in [4.69, 9.17) is 4.74 Å². The molecule has 0 bridgehead atoms. The van der Waals surface area contributed by atoms with Crippen LogP contribution in [0.2, 0.25) is 0 Å². The third kappa shape index (κ3) is 6.33. The number of aryl methyl sites for hydroxylation is 2.